The Hall–Kier alpha value is -2.30. The quantitative estimate of drug-likeness (QED) is 0.598. The third kappa shape index (κ3) is 5.72. The molecule has 2 rings (SSSR count). The number of hydrogen-bond acceptors (Lipinski definition) is 2. The normalized spacial score (nSPS) is 11.5. The molecule has 5 heteroatoms. The Morgan fingerprint density at radius 3 is 2.58 bits per heavy atom. The zero-order valence-corrected chi connectivity index (χ0v) is 15.1. The molecule has 1 aromatic carbocycles. The third-order valence-electron chi connectivity index (χ3n) is 3.90. The number of rotatable bonds is 8. The highest BCUT2D eigenvalue weighted by Gasteiger charge is 2.04. The standard InChI is InChI=1S/C19H29N5/c1-4-6-12-23(3)19(21-5-2)22-14-17-7-9-18(10-8-17)15-24-13-11-20-16-24/h7-11,13,16H,4-6,12,14-15H2,1-3H3,(H,21,22). The SMILES string of the molecule is CCCCN(C)C(=NCc1ccc(Cn2ccnc2)cc1)NCC. The summed E-state index contributed by atoms with van der Waals surface area (Å²) in [6, 6.07) is 8.65. The van der Waals surface area contributed by atoms with Gasteiger partial charge in [-0.3, -0.25) is 0 Å². The van der Waals surface area contributed by atoms with Crippen molar-refractivity contribution in [3.63, 3.8) is 0 Å². The van der Waals surface area contributed by atoms with Crippen LogP contribution in [0.2, 0.25) is 0 Å². The van der Waals surface area contributed by atoms with Gasteiger partial charge in [-0.1, -0.05) is 37.6 Å². The highest BCUT2D eigenvalue weighted by molar-refractivity contribution is 5.79. The maximum Gasteiger partial charge on any atom is 0.193 e. The van der Waals surface area contributed by atoms with Crippen LogP contribution in [0.25, 0.3) is 0 Å². The molecule has 0 radical (unpaired) electrons. The molecule has 5 nitrogen and oxygen atoms in total. The van der Waals surface area contributed by atoms with Gasteiger partial charge in [0.1, 0.15) is 0 Å². The first-order chi connectivity index (χ1) is 11.7. The lowest BCUT2D eigenvalue weighted by Crippen LogP contribution is -2.39. The van der Waals surface area contributed by atoms with E-state index in [0.717, 1.165) is 25.6 Å². The Bertz CT molecular complexity index is 601. The Morgan fingerprint density at radius 1 is 1.21 bits per heavy atom. The van der Waals surface area contributed by atoms with Crippen LogP contribution < -0.4 is 5.32 Å². The van der Waals surface area contributed by atoms with Gasteiger partial charge in [-0.05, 0) is 24.5 Å². The third-order valence-corrected chi connectivity index (χ3v) is 3.90. The second-order valence-corrected chi connectivity index (χ2v) is 6.00. The van der Waals surface area contributed by atoms with Crippen molar-refractivity contribution in [1.29, 1.82) is 0 Å². The fourth-order valence-corrected chi connectivity index (χ4v) is 2.48. The number of unbranched alkanes of at least 4 members (excludes halogenated alkanes) is 1. The average Bonchev–Trinajstić information content (AvgIpc) is 3.10. The minimum absolute atomic E-state index is 0.699. The van der Waals surface area contributed by atoms with Gasteiger partial charge in [-0.2, -0.15) is 0 Å². The van der Waals surface area contributed by atoms with Crippen LogP contribution in [-0.2, 0) is 13.1 Å². The van der Waals surface area contributed by atoms with Crippen LogP contribution in [0.1, 0.15) is 37.8 Å². The summed E-state index contributed by atoms with van der Waals surface area (Å²) in [5.74, 6) is 0.980. The summed E-state index contributed by atoms with van der Waals surface area (Å²) >= 11 is 0. The van der Waals surface area contributed by atoms with Crippen LogP contribution in [0.5, 0.6) is 0 Å². The highest BCUT2D eigenvalue weighted by Crippen LogP contribution is 2.08. The molecule has 2 aromatic rings. The first-order valence-corrected chi connectivity index (χ1v) is 8.76. The van der Waals surface area contributed by atoms with E-state index in [1.165, 1.54) is 24.0 Å². The van der Waals surface area contributed by atoms with Crippen LogP contribution >= 0.6 is 0 Å². The van der Waals surface area contributed by atoms with Gasteiger partial charge < -0.3 is 14.8 Å². The lowest BCUT2D eigenvalue weighted by atomic mass is 10.1. The fourth-order valence-electron chi connectivity index (χ4n) is 2.48. The van der Waals surface area contributed by atoms with Crippen molar-refractivity contribution in [2.75, 3.05) is 20.1 Å². The molecule has 0 saturated heterocycles. The van der Waals surface area contributed by atoms with Crippen LogP contribution in [0, 0.1) is 0 Å². The second-order valence-electron chi connectivity index (χ2n) is 6.00. The van der Waals surface area contributed by atoms with Crippen LogP contribution in [0.3, 0.4) is 0 Å². The lowest BCUT2D eigenvalue weighted by Gasteiger charge is -2.21. The van der Waals surface area contributed by atoms with Crippen molar-refractivity contribution in [1.82, 2.24) is 19.8 Å². The van der Waals surface area contributed by atoms with E-state index < -0.39 is 0 Å². The fraction of sp³-hybridized carbons (Fsp3) is 0.474. The molecule has 0 unspecified atom stereocenters. The van der Waals surface area contributed by atoms with Crippen LogP contribution in [-0.4, -0.2) is 40.5 Å². The molecule has 0 aliphatic rings. The van der Waals surface area contributed by atoms with Crippen molar-refractivity contribution < 1.29 is 0 Å². The molecule has 0 aliphatic carbocycles. The van der Waals surface area contributed by atoms with Crippen molar-refractivity contribution >= 4 is 5.96 Å². The van der Waals surface area contributed by atoms with E-state index in [9.17, 15) is 0 Å². The molecule has 0 spiro atoms. The Kier molecular flexibility index (Phi) is 7.33. The predicted molar refractivity (Wildman–Crippen MR) is 100 cm³/mol. The largest absolute Gasteiger partial charge is 0.357 e. The van der Waals surface area contributed by atoms with E-state index in [2.05, 4.69) is 64.9 Å². The van der Waals surface area contributed by atoms with E-state index in [4.69, 9.17) is 4.99 Å². The Balaban J connectivity index is 1.95. The summed E-state index contributed by atoms with van der Waals surface area (Å²) in [6.45, 7) is 7.79. The number of benzene rings is 1. The van der Waals surface area contributed by atoms with E-state index >= 15 is 0 Å². The number of imidazole rings is 1. The minimum Gasteiger partial charge on any atom is -0.357 e. The molecule has 1 aromatic heterocycles. The summed E-state index contributed by atoms with van der Waals surface area (Å²) in [4.78, 5) is 11.0. The smallest absolute Gasteiger partial charge is 0.193 e. The number of aromatic nitrogens is 2. The molecule has 24 heavy (non-hydrogen) atoms. The number of nitrogens with zero attached hydrogens (tertiary/aromatic N) is 4. The average molecular weight is 327 g/mol. The van der Waals surface area contributed by atoms with Crippen molar-refractivity contribution in [2.24, 2.45) is 4.99 Å². The van der Waals surface area contributed by atoms with Crippen molar-refractivity contribution in [3.05, 3.63) is 54.1 Å². The van der Waals surface area contributed by atoms with Gasteiger partial charge in [-0.15, -0.1) is 0 Å². The number of aliphatic imine (C=N–C) groups is 1. The monoisotopic (exact) mass is 327 g/mol. The number of hydrogen-bond donors (Lipinski definition) is 1. The maximum absolute atomic E-state index is 4.76. The molecule has 0 aliphatic heterocycles. The first-order valence-electron chi connectivity index (χ1n) is 8.76. The summed E-state index contributed by atoms with van der Waals surface area (Å²) in [7, 11) is 2.10. The van der Waals surface area contributed by atoms with Gasteiger partial charge in [-0.25, -0.2) is 9.98 Å². The Morgan fingerprint density at radius 2 is 1.96 bits per heavy atom. The van der Waals surface area contributed by atoms with E-state index in [0.29, 0.717) is 6.54 Å². The minimum atomic E-state index is 0.699. The van der Waals surface area contributed by atoms with Gasteiger partial charge in [0.05, 0.1) is 12.9 Å². The summed E-state index contributed by atoms with van der Waals surface area (Å²) in [5, 5.41) is 3.37. The van der Waals surface area contributed by atoms with Crippen molar-refractivity contribution in [3.8, 4) is 0 Å². The summed E-state index contributed by atoms with van der Waals surface area (Å²) < 4.78 is 2.07. The predicted octanol–water partition coefficient (Wildman–Crippen LogP) is 3.13. The molecular weight excluding hydrogens is 298 g/mol. The molecule has 0 amide bonds. The van der Waals surface area contributed by atoms with Gasteiger partial charge in [0.25, 0.3) is 0 Å². The van der Waals surface area contributed by atoms with E-state index in [-0.39, 0.29) is 0 Å². The van der Waals surface area contributed by atoms with Gasteiger partial charge in [0.2, 0.25) is 0 Å². The van der Waals surface area contributed by atoms with Crippen LogP contribution in [0.4, 0.5) is 0 Å². The summed E-state index contributed by atoms with van der Waals surface area (Å²) in [5.41, 5.74) is 2.50. The number of nitrogens with one attached hydrogen (secondary N) is 1. The Labute approximate surface area is 145 Å². The highest BCUT2D eigenvalue weighted by atomic mass is 15.3. The lowest BCUT2D eigenvalue weighted by molar-refractivity contribution is 0.465. The zero-order valence-electron chi connectivity index (χ0n) is 15.1. The van der Waals surface area contributed by atoms with Gasteiger partial charge in [0.15, 0.2) is 5.96 Å². The first kappa shape index (κ1) is 18.0. The molecule has 130 valence electrons. The van der Waals surface area contributed by atoms with Crippen molar-refractivity contribution in [2.45, 2.75) is 39.8 Å². The topological polar surface area (TPSA) is 45.5 Å². The van der Waals surface area contributed by atoms with Gasteiger partial charge >= 0.3 is 0 Å². The molecule has 0 atom stereocenters. The number of guanidine groups is 1. The van der Waals surface area contributed by atoms with Gasteiger partial charge in [0, 0.05) is 39.1 Å². The second kappa shape index (κ2) is 9.75. The molecule has 0 saturated carbocycles. The molecule has 1 N–H and O–H groups in total. The molecule has 0 fully saturated rings. The summed E-state index contributed by atoms with van der Waals surface area (Å²) in [6.07, 6.45) is 8.01. The maximum atomic E-state index is 4.76. The van der Waals surface area contributed by atoms with E-state index in [1.807, 2.05) is 12.5 Å². The van der Waals surface area contributed by atoms with E-state index in [1.54, 1.807) is 6.20 Å². The molecule has 0 bridgehead atoms. The molecular formula is C19H29N5. The molecule has 1 heterocycles. The zero-order chi connectivity index (χ0) is 17.2. The van der Waals surface area contributed by atoms with Crippen LogP contribution in [0.15, 0.2) is 48.0 Å².